The molecular formula is C12H19N3O2S. The number of nitrogens with one attached hydrogen (secondary N) is 2. The van der Waals surface area contributed by atoms with E-state index in [0.29, 0.717) is 17.3 Å². The van der Waals surface area contributed by atoms with Gasteiger partial charge in [0.25, 0.3) is 0 Å². The molecule has 1 aliphatic carbocycles. The predicted octanol–water partition coefficient (Wildman–Crippen LogP) is 1.24. The first-order chi connectivity index (χ1) is 8.44. The van der Waals surface area contributed by atoms with Gasteiger partial charge < -0.3 is 11.1 Å². The van der Waals surface area contributed by atoms with Crippen LogP contribution < -0.4 is 15.8 Å². The molecule has 0 saturated heterocycles. The van der Waals surface area contributed by atoms with Gasteiger partial charge in [-0.25, -0.2) is 13.1 Å². The molecule has 2 unspecified atom stereocenters. The number of sulfonamides is 1. The maximum Gasteiger partial charge on any atom is 0.240 e. The molecule has 0 heterocycles. The first-order valence-electron chi connectivity index (χ1n) is 6.01. The second-order valence-corrected chi connectivity index (χ2v) is 6.70. The Morgan fingerprint density at radius 1 is 1.44 bits per heavy atom. The van der Waals surface area contributed by atoms with E-state index < -0.39 is 10.0 Å². The van der Waals surface area contributed by atoms with Crippen LogP contribution in [0.5, 0.6) is 0 Å². The summed E-state index contributed by atoms with van der Waals surface area (Å²) in [6.07, 6.45) is 1.22. The molecule has 1 aliphatic rings. The zero-order valence-electron chi connectivity index (χ0n) is 10.6. The summed E-state index contributed by atoms with van der Waals surface area (Å²) in [7, 11) is -2.02. The molecule has 0 bridgehead atoms. The van der Waals surface area contributed by atoms with Crippen molar-refractivity contribution < 1.29 is 8.42 Å². The largest absolute Gasteiger partial charge is 0.397 e. The third-order valence-electron chi connectivity index (χ3n) is 3.43. The predicted molar refractivity (Wildman–Crippen MR) is 72.9 cm³/mol. The molecule has 0 aromatic heterocycles. The van der Waals surface area contributed by atoms with E-state index in [2.05, 4.69) is 17.0 Å². The fourth-order valence-electron chi connectivity index (χ4n) is 1.90. The molecule has 2 atom stereocenters. The van der Waals surface area contributed by atoms with Crippen LogP contribution >= 0.6 is 0 Å². The van der Waals surface area contributed by atoms with Crippen LogP contribution in [0.1, 0.15) is 13.3 Å². The van der Waals surface area contributed by atoms with Crippen molar-refractivity contribution in [2.45, 2.75) is 18.2 Å². The molecule has 6 heteroatoms. The Labute approximate surface area is 108 Å². The Morgan fingerprint density at radius 2 is 2.11 bits per heavy atom. The van der Waals surface area contributed by atoms with E-state index in [9.17, 15) is 8.42 Å². The van der Waals surface area contributed by atoms with E-state index >= 15 is 0 Å². The van der Waals surface area contributed by atoms with Crippen LogP contribution in [-0.2, 0) is 10.0 Å². The molecule has 2 rings (SSSR count). The number of hydrogen-bond acceptors (Lipinski definition) is 4. The molecule has 0 amide bonds. The Bertz CT molecular complexity index is 542. The number of nitrogen functional groups attached to an aromatic ring is 1. The van der Waals surface area contributed by atoms with Crippen LogP contribution in [0.4, 0.5) is 11.4 Å². The van der Waals surface area contributed by atoms with E-state index in [4.69, 9.17) is 5.73 Å². The molecule has 1 saturated carbocycles. The second kappa shape index (κ2) is 4.78. The Balaban J connectivity index is 2.16. The Morgan fingerprint density at radius 3 is 2.67 bits per heavy atom. The first-order valence-corrected chi connectivity index (χ1v) is 7.49. The maximum atomic E-state index is 11.7. The van der Waals surface area contributed by atoms with Gasteiger partial charge in [-0.1, -0.05) is 6.92 Å². The first kappa shape index (κ1) is 13.2. The highest BCUT2D eigenvalue weighted by Gasteiger charge is 2.32. The van der Waals surface area contributed by atoms with E-state index in [-0.39, 0.29) is 4.90 Å². The lowest BCUT2D eigenvalue weighted by Gasteiger charge is -2.11. The fraction of sp³-hybridized carbons (Fsp3) is 0.500. The standard InChI is InChI=1S/C12H19N3O2S/c1-8-5-9(8)7-15-12-6-10(3-4-11(12)13)18(16,17)14-2/h3-4,6,8-9,14-15H,5,7,13H2,1-2H3. The van der Waals surface area contributed by atoms with E-state index in [1.54, 1.807) is 12.1 Å². The second-order valence-electron chi connectivity index (χ2n) is 4.81. The van der Waals surface area contributed by atoms with Gasteiger partial charge in [-0.2, -0.15) is 0 Å². The fourth-order valence-corrected chi connectivity index (χ4v) is 2.65. The van der Waals surface area contributed by atoms with Gasteiger partial charge in [0, 0.05) is 6.54 Å². The molecule has 18 heavy (non-hydrogen) atoms. The highest BCUT2D eigenvalue weighted by atomic mass is 32.2. The number of hydrogen-bond donors (Lipinski definition) is 3. The summed E-state index contributed by atoms with van der Waals surface area (Å²) < 4.78 is 25.7. The minimum Gasteiger partial charge on any atom is -0.397 e. The smallest absolute Gasteiger partial charge is 0.240 e. The van der Waals surface area contributed by atoms with Gasteiger partial charge in [-0.05, 0) is 43.5 Å². The molecule has 0 spiro atoms. The number of benzene rings is 1. The van der Waals surface area contributed by atoms with Crippen molar-refractivity contribution in [2.24, 2.45) is 11.8 Å². The highest BCUT2D eigenvalue weighted by Crippen LogP contribution is 2.38. The van der Waals surface area contributed by atoms with E-state index in [0.717, 1.165) is 12.5 Å². The SMILES string of the molecule is CNS(=O)(=O)c1ccc(N)c(NCC2CC2C)c1. The van der Waals surface area contributed by atoms with Crippen LogP contribution in [-0.4, -0.2) is 22.0 Å². The third kappa shape index (κ3) is 2.76. The minimum atomic E-state index is -3.42. The van der Waals surface area contributed by atoms with Crippen molar-refractivity contribution in [1.82, 2.24) is 4.72 Å². The van der Waals surface area contributed by atoms with Crippen LogP contribution in [0.2, 0.25) is 0 Å². The van der Waals surface area contributed by atoms with Gasteiger partial charge >= 0.3 is 0 Å². The summed E-state index contributed by atoms with van der Waals surface area (Å²) in [6, 6.07) is 4.70. The molecule has 100 valence electrons. The summed E-state index contributed by atoms with van der Waals surface area (Å²) in [5.41, 5.74) is 7.09. The quantitative estimate of drug-likeness (QED) is 0.702. The van der Waals surface area contributed by atoms with Gasteiger partial charge in [-0.3, -0.25) is 0 Å². The van der Waals surface area contributed by atoms with Crippen LogP contribution in [0, 0.1) is 11.8 Å². The lowest BCUT2D eigenvalue weighted by molar-refractivity contribution is 0.588. The van der Waals surface area contributed by atoms with E-state index in [1.165, 1.54) is 19.5 Å². The summed E-state index contributed by atoms with van der Waals surface area (Å²) in [5, 5.41) is 3.22. The molecule has 5 nitrogen and oxygen atoms in total. The van der Waals surface area contributed by atoms with Crippen LogP contribution in [0.3, 0.4) is 0 Å². The lowest BCUT2D eigenvalue weighted by Crippen LogP contribution is -2.19. The van der Waals surface area contributed by atoms with E-state index in [1.807, 2.05) is 0 Å². The molecule has 1 aromatic carbocycles. The van der Waals surface area contributed by atoms with Gasteiger partial charge in [0.05, 0.1) is 16.3 Å². The topological polar surface area (TPSA) is 84.2 Å². The maximum absolute atomic E-state index is 11.7. The highest BCUT2D eigenvalue weighted by molar-refractivity contribution is 7.89. The van der Waals surface area contributed by atoms with Crippen LogP contribution in [0.15, 0.2) is 23.1 Å². The Kier molecular flexibility index (Phi) is 3.49. The molecule has 1 aromatic rings. The monoisotopic (exact) mass is 269 g/mol. The lowest BCUT2D eigenvalue weighted by atomic mass is 10.2. The van der Waals surface area contributed by atoms with Gasteiger partial charge in [0.1, 0.15) is 0 Å². The molecule has 0 aliphatic heterocycles. The summed E-state index contributed by atoms with van der Waals surface area (Å²) in [6.45, 7) is 3.05. The number of anilines is 2. The van der Waals surface area contributed by atoms with Crippen molar-refractivity contribution in [3.8, 4) is 0 Å². The summed E-state index contributed by atoms with van der Waals surface area (Å²) in [5.74, 6) is 1.43. The van der Waals surface area contributed by atoms with Gasteiger partial charge in [0.15, 0.2) is 0 Å². The van der Waals surface area contributed by atoms with Crippen molar-refractivity contribution >= 4 is 21.4 Å². The summed E-state index contributed by atoms with van der Waals surface area (Å²) in [4.78, 5) is 0.227. The molecule has 0 radical (unpaired) electrons. The average Bonchev–Trinajstić information content (AvgIpc) is 3.04. The average molecular weight is 269 g/mol. The minimum absolute atomic E-state index is 0.227. The van der Waals surface area contributed by atoms with Gasteiger partial charge in [0.2, 0.25) is 10.0 Å². The van der Waals surface area contributed by atoms with Crippen molar-refractivity contribution in [1.29, 1.82) is 0 Å². The normalized spacial score (nSPS) is 22.8. The van der Waals surface area contributed by atoms with Crippen molar-refractivity contribution in [3.05, 3.63) is 18.2 Å². The van der Waals surface area contributed by atoms with Gasteiger partial charge in [-0.15, -0.1) is 0 Å². The zero-order valence-corrected chi connectivity index (χ0v) is 11.4. The molecule has 1 fully saturated rings. The molecule has 4 N–H and O–H groups in total. The molecular weight excluding hydrogens is 250 g/mol. The summed E-state index contributed by atoms with van der Waals surface area (Å²) >= 11 is 0. The Hall–Kier alpha value is -1.27. The van der Waals surface area contributed by atoms with Crippen molar-refractivity contribution in [2.75, 3.05) is 24.6 Å². The van der Waals surface area contributed by atoms with Crippen molar-refractivity contribution in [3.63, 3.8) is 0 Å². The number of rotatable bonds is 5. The van der Waals surface area contributed by atoms with Crippen LogP contribution in [0.25, 0.3) is 0 Å². The zero-order chi connectivity index (χ0) is 13.3. The number of nitrogens with two attached hydrogens (primary N) is 1. The third-order valence-corrected chi connectivity index (χ3v) is 4.85.